The summed E-state index contributed by atoms with van der Waals surface area (Å²) in [6, 6.07) is 9.89. The average molecular weight is 277 g/mol. The summed E-state index contributed by atoms with van der Waals surface area (Å²) < 4.78 is 5.58. The van der Waals surface area contributed by atoms with Crippen molar-refractivity contribution in [1.29, 1.82) is 0 Å². The van der Waals surface area contributed by atoms with Crippen LogP contribution in [0.1, 0.15) is 40.2 Å². The minimum Gasteiger partial charge on any atom is -0.459 e. The molecule has 3 heteroatoms. The van der Waals surface area contributed by atoms with Gasteiger partial charge in [0.25, 0.3) is 0 Å². The molecule has 0 aliphatic rings. The van der Waals surface area contributed by atoms with Crippen molar-refractivity contribution in [2.75, 3.05) is 13.1 Å². The Hall–Kier alpha value is -1.35. The summed E-state index contributed by atoms with van der Waals surface area (Å²) in [6.07, 6.45) is 0.692. The van der Waals surface area contributed by atoms with Gasteiger partial charge in [-0.1, -0.05) is 44.2 Å². The highest BCUT2D eigenvalue weighted by Crippen LogP contribution is 2.15. The third-order valence-corrected chi connectivity index (χ3v) is 3.20. The summed E-state index contributed by atoms with van der Waals surface area (Å²) in [7, 11) is 0. The van der Waals surface area contributed by atoms with Gasteiger partial charge in [-0.3, -0.25) is 9.69 Å². The fourth-order valence-electron chi connectivity index (χ4n) is 2.23. The number of ether oxygens (including phenoxy) is 1. The molecule has 0 unspecified atom stereocenters. The molecule has 0 radical (unpaired) electrons. The Bertz CT molecular complexity index is 405. The number of hydrogen-bond acceptors (Lipinski definition) is 3. The molecule has 0 N–H and O–H groups in total. The van der Waals surface area contributed by atoms with Gasteiger partial charge in [-0.05, 0) is 45.8 Å². The molecule has 0 aliphatic heterocycles. The zero-order valence-corrected chi connectivity index (χ0v) is 13.3. The maximum atomic E-state index is 12.5. The predicted octanol–water partition coefficient (Wildman–Crippen LogP) is 3.28. The van der Waals surface area contributed by atoms with E-state index in [0.29, 0.717) is 6.42 Å². The van der Waals surface area contributed by atoms with Crippen LogP contribution in [0, 0.1) is 0 Å². The van der Waals surface area contributed by atoms with Crippen LogP contribution in [-0.4, -0.2) is 35.6 Å². The maximum absolute atomic E-state index is 12.5. The molecule has 1 aromatic rings. The first kappa shape index (κ1) is 16.7. The van der Waals surface area contributed by atoms with Crippen LogP contribution in [0.15, 0.2) is 30.3 Å². The summed E-state index contributed by atoms with van der Waals surface area (Å²) >= 11 is 0. The highest BCUT2D eigenvalue weighted by Gasteiger charge is 2.29. The molecule has 0 saturated heterocycles. The molecule has 3 nitrogen and oxygen atoms in total. The number of hydrogen-bond donors (Lipinski definition) is 0. The molecule has 20 heavy (non-hydrogen) atoms. The van der Waals surface area contributed by atoms with Gasteiger partial charge in [0.05, 0.1) is 0 Å². The van der Waals surface area contributed by atoms with Crippen LogP contribution in [0.4, 0.5) is 0 Å². The average Bonchev–Trinajstić information content (AvgIpc) is 2.38. The highest BCUT2D eigenvalue weighted by molar-refractivity contribution is 5.76. The lowest BCUT2D eigenvalue weighted by molar-refractivity contribution is -0.161. The van der Waals surface area contributed by atoms with Crippen LogP contribution in [-0.2, 0) is 16.0 Å². The molecule has 0 fully saturated rings. The van der Waals surface area contributed by atoms with Gasteiger partial charge in [0.1, 0.15) is 11.6 Å². The molecule has 0 aliphatic carbocycles. The molecular weight excluding hydrogens is 250 g/mol. The second-order valence-electron chi connectivity index (χ2n) is 5.96. The van der Waals surface area contributed by atoms with E-state index in [1.54, 1.807) is 0 Å². The fourth-order valence-corrected chi connectivity index (χ4v) is 2.23. The van der Waals surface area contributed by atoms with E-state index < -0.39 is 5.60 Å². The fraction of sp³-hybridized carbons (Fsp3) is 0.588. The molecule has 1 aromatic carbocycles. The number of nitrogens with zero attached hydrogens (tertiary/aromatic N) is 1. The van der Waals surface area contributed by atoms with Crippen molar-refractivity contribution in [2.24, 2.45) is 0 Å². The van der Waals surface area contributed by atoms with E-state index in [9.17, 15) is 4.79 Å². The maximum Gasteiger partial charge on any atom is 0.324 e. The van der Waals surface area contributed by atoms with Gasteiger partial charge in [0, 0.05) is 0 Å². The summed E-state index contributed by atoms with van der Waals surface area (Å²) in [6.45, 7) is 11.6. The van der Waals surface area contributed by atoms with Crippen LogP contribution < -0.4 is 0 Å². The van der Waals surface area contributed by atoms with Crippen molar-refractivity contribution >= 4 is 5.97 Å². The number of esters is 1. The zero-order valence-electron chi connectivity index (χ0n) is 13.3. The van der Waals surface area contributed by atoms with Crippen LogP contribution >= 0.6 is 0 Å². The normalized spacial score (nSPS) is 13.3. The van der Waals surface area contributed by atoms with Crippen molar-refractivity contribution in [1.82, 2.24) is 4.90 Å². The van der Waals surface area contributed by atoms with E-state index in [-0.39, 0.29) is 12.0 Å². The van der Waals surface area contributed by atoms with Crippen molar-refractivity contribution in [3.05, 3.63) is 35.9 Å². The van der Waals surface area contributed by atoms with E-state index in [4.69, 9.17) is 4.74 Å². The van der Waals surface area contributed by atoms with Crippen molar-refractivity contribution in [2.45, 2.75) is 52.7 Å². The van der Waals surface area contributed by atoms with Gasteiger partial charge in [-0.15, -0.1) is 0 Å². The Morgan fingerprint density at radius 3 is 2.15 bits per heavy atom. The number of likely N-dealkylation sites (N-methyl/N-ethyl adjacent to an activating group) is 1. The minimum atomic E-state index is -0.445. The molecular formula is C17H27NO2. The van der Waals surface area contributed by atoms with Gasteiger partial charge in [-0.25, -0.2) is 0 Å². The smallest absolute Gasteiger partial charge is 0.324 e. The standard InChI is InChI=1S/C17H27NO2/c1-6-18(7-2)15(16(19)20-17(3,4)5)13-14-11-9-8-10-12-14/h8-12,15H,6-7,13H2,1-5H3/t15-/m0/s1. The van der Waals surface area contributed by atoms with Gasteiger partial charge in [0.2, 0.25) is 0 Å². The van der Waals surface area contributed by atoms with E-state index >= 15 is 0 Å². The Morgan fingerprint density at radius 1 is 1.15 bits per heavy atom. The minimum absolute atomic E-state index is 0.134. The second kappa shape index (κ2) is 7.44. The third kappa shape index (κ3) is 5.33. The zero-order chi connectivity index (χ0) is 15.2. The molecule has 0 bridgehead atoms. The quantitative estimate of drug-likeness (QED) is 0.747. The summed E-state index contributed by atoms with van der Waals surface area (Å²) in [5, 5.41) is 0. The number of carbonyl (C=O) groups is 1. The molecule has 0 aromatic heterocycles. The topological polar surface area (TPSA) is 29.5 Å². The van der Waals surface area contributed by atoms with Crippen LogP contribution in [0.3, 0.4) is 0 Å². The Morgan fingerprint density at radius 2 is 1.70 bits per heavy atom. The molecule has 0 amide bonds. The molecule has 112 valence electrons. The first-order valence-corrected chi connectivity index (χ1v) is 7.38. The molecule has 0 saturated carbocycles. The van der Waals surface area contributed by atoms with Crippen molar-refractivity contribution < 1.29 is 9.53 Å². The summed E-state index contributed by atoms with van der Waals surface area (Å²) in [5.41, 5.74) is 0.717. The predicted molar refractivity (Wildman–Crippen MR) is 82.7 cm³/mol. The van der Waals surface area contributed by atoms with Crippen molar-refractivity contribution in [3.63, 3.8) is 0 Å². The van der Waals surface area contributed by atoms with Gasteiger partial charge >= 0.3 is 5.97 Å². The monoisotopic (exact) mass is 277 g/mol. The Kier molecular flexibility index (Phi) is 6.21. The molecule has 0 spiro atoms. The Balaban J connectivity index is 2.88. The first-order valence-electron chi connectivity index (χ1n) is 7.38. The summed E-state index contributed by atoms with van der Waals surface area (Å²) in [5.74, 6) is -0.134. The van der Waals surface area contributed by atoms with Crippen LogP contribution in [0.5, 0.6) is 0 Å². The van der Waals surface area contributed by atoms with Gasteiger partial charge in [-0.2, -0.15) is 0 Å². The highest BCUT2D eigenvalue weighted by atomic mass is 16.6. The summed E-state index contributed by atoms with van der Waals surface area (Å²) in [4.78, 5) is 14.6. The SMILES string of the molecule is CCN(CC)[C@@H](Cc1ccccc1)C(=O)OC(C)(C)C. The van der Waals surface area contributed by atoms with Crippen LogP contribution in [0.2, 0.25) is 0 Å². The Labute approximate surface area is 122 Å². The van der Waals surface area contributed by atoms with E-state index in [1.807, 2.05) is 39.0 Å². The largest absolute Gasteiger partial charge is 0.459 e. The van der Waals surface area contributed by atoms with Gasteiger partial charge in [0.15, 0.2) is 0 Å². The van der Waals surface area contributed by atoms with Crippen molar-refractivity contribution in [3.8, 4) is 0 Å². The van der Waals surface area contributed by atoms with E-state index in [2.05, 4.69) is 30.9 Å². The molecule has 0 heterocycles. The van der Waals surface area contributed by atoms with E-state index in [1.165, 1.54) is 0 Å². The number of benzene rings is 1. The van der Waals surface area contributed by atoms with Gasteiger partial charge < -0.3 is 4.74 Å². The number of rotatable bonds is 6. The lowest BCUT2D eigenvalue weighted by Gasteiger charge is -2.31. The lowest BCUT2D eigenvalue weighted by atomic mass is 10.0. The first-order chi connectivity index (χ1) is 9.37. The number of carbonyl (C=O) groups excluding carboxylic acids is 1. The molecule has 1 rings (SSSR count). The van der Waals surface area contributed by atoms with E-state index in [0.717, 1.165) is 18.7 Å². The third-order valence-electron chi connectivity index (χ3n) is 3.20. The molecule has 1 atom stereocenters. The van der Waals surface area contributed by atoms with Crippen LogP contribution in [0.25, 0.3) is 0 Å². The second-order valence-corrected chi connectivity index (χ2v) is 5.96. The lowest BCUT2D eigenvalue weighted by Crippen LogP contribution is -2.45.